The number of amides is 1. The molecule has 1 fully saturated rings. The van der Waals surface area contributed by atoms with Gasteiger partial charge < -0.3 is 10.2 Å². The predicted molar refractivity (Wildman–Crippen MR) is 111 cm³/mol. The Morgan fingerprint density at radius 2 is 1.82 bits per heavy atom. The van der Waals surface area contributed by atoms with Crippen LogP contribution in [0, 0.1) is 19.8 Å². The SMILES string of the molecule is CCn1c(N2CCC[C@H](C(=O)Nc3cc(C)cc(C)c3)C2)cc(=O)n(C)c1=O. The molecule has 0 radical (unpaired) electrons. The summed E-state index contributed by atoms with van der Waals surface area (Å²) in [6.45, 7) is 7.57. The second-order valence-electron chi connectivity index (χ2n) is 7.58. The van der Waals surface area contributed by atoms with Crippen LogP contribution in [0.15, 0.2) is 33.9 Å². The summed E-state index contributed by atoms with van der Waals surface area (Å²) in [5, 5.41) is 3.03. The highest BCUT2D eigenvalue weighted by molar-refractivity contribution is 5.93. The minimum atomic E-state index is -0.327. The second kappa shape index (κ2) is 8.04. The molecule has 7 nitrogen and oxygen atoms in total. The van der Waals surface area contributed by atoms with Crippen molar-refractivity contribution in [3.8, 4) is 0 Å². The van der Waals surface area contributed by atoms with Gasteiger partial charge in [-0.05, 0) is 56.9 Å². The number of rotatable bonds is 4. The number of piperidine rings is 1. The van der Waals surface area contributed by atoms with E-state index in [4.69, 9.17) is 0 Å². The molecule has 0 bridgehead atoms. The number of nitrogens with zero attached hydrogens (tertiary/aromatic N) is 3. The van der Waals surface area contributed by atoms with Crippen molar-refractivity contribution in [2.24, 2.45) is 13.0 Å². The molecule has 1 aliphatic heterocycles. The summed E-state index contributed by atoms with van der Waals surface area (Å²) in [5.41, 5.74) is 2.36. The fourth-order valence-electron chi connectivity index (χ4n) is 3.91. The molecule has 1 atom stereocenters. The molecule has 0 aliphatic carbocycles. The van der Waals surface area contributed by atoms with E-state index in [0.717, 1.165) is 40.8 Å². The average molecular weight is 384 g/mol. The van der Waals surface area contributed by atoms with E-state index in [1.165, 1.54) is 13.1 Å². The Hall–Kier alpha value is -2.83. The first kappa shape index (κ1) is 19.9. The summed E-state index contributed by atoms with van der Waals surface area (Å²) in [7, 11) is 1.48. The molecule has 1 saturated heterocycles. The van der Waals surface area contributed by atoms with E-state index in [-0.39, 0.29) is 23.1 Å². The van der Waals surface area contributed by atoms with Gasteiger partial charge in [0.1, 0.15) is 5.82 Å². The van der Waals surface area contributed by atoms with E-state index in [1.807, 2.05) is 37.8 Å². The summed E-state index contributed by atoms with van der Waals surface area (Å²) in [6, 6.07) is 7.48. The highest BCUT2D eigenvalue weighted by Gasteiger charge is 2.28. The standard InChI is InChI=1S/C21H28N4O3/c1-5-25-18(12-19(26)23(4)21(25)28)24-8-6-7-16(13-24)20(27)22-17-10-14(2)9-15(3)11-17/h9-12,16H,5-8,13H2,1-4H3,(H,22,27)/t16-/m0/s1. The van der Waals surface area contributed by atoms with Gasteiger partial charge in [0, 0.05) is 38.4 Å². The van der Waals surface area contributed by atoms with Gasteiger partial charge in [-0.25, -0.2) is 4.79 Å². The van der Waals surface area contributed by atoms with Gasteiger partial charge >= 0.3 is 5.69 Å². The lowest BCUT2D eigenvalue weighted by Gasteiger charge is -2.34. The maximum Gasteiger partial charge on any atom is 0.332 e. The molecule has 1 aromatic carbocycles. The number of aryl methyl sites for hydroxylation is 2. The largest absolute Gasteiger partial charge is 0.357 e. The van der Waals surface area contributed by atoms with Crippen molar-refractivity contribution >= 4 is 17.4 Å². The highest BCUT2D eigenvalue weighted by Crippen LogP contribution is 2.23. The topological polar surface area (TPSA) is 76.3 Å². The first-order chi connectivity index (χ1) is 13.3. The van der Waals surface area contributed by atoms with Crippen LogP contribution in [0.2, 0.25) is 0 Å². The van der Waals surface area contributed by atoms with E-state index in [1.54, 1.807) is 4.57 Å². The maximum atomic E-state index is 12.8. The quantitative estimate of drug-likeness (QED) is 0.875. The van der Waals surface area contributed by atoms with Crippen LogP contribution in [0.1, 0.15) is 30.9 Å². The number of anilines is 2. The van der Waals surface area contributed by atoms with Gasteiger partial charge in [0.25, 0.3) is 5.56 Å². The summed E-state index contributed by atoms with van der Waals surface area (Å²) in [6.07, 6.45) is 1.62. The number of aromatic nitrogens is 2. The maximum absolute atomic E-state index is 12.8. The Bertz CT molecular complexity index is 985. The fourth-order valence-corrected chi connectivity index (χ4v) is 3.91. The van der Waals surface area contributed by atoms with E-state index < -0.39 is 0 Å². The lowest BCUT2D eigenvalue weighted by Crippen LogP contribution is -2.46. The fraction of sp³-hybridized carbons (Fsp3) is 0.476. The lowest BCUT2D eigenvalue weighted by molar-refractivity contribution is -0.120. The molecule has 1 N–H and O–H groups in total. The normalized spacial score (nSPS) is 16.9. The zero-order valence-corrected chi connectivity index (χ0v) is 17.0. The second-order valence-corrected chi connectivity index (χ2v) is 7.58. The average Bonchev–Trinajstić information content (AvgIpc) is 2.65. The molecular weight excluding hydrogens is 356 g/mol. The summed E-state index contributed by atoms with van der Waals surface area (Å²) < 4.78 is 2.70. The Labute approximate surface area is 164 Å². The van der Waals surface area contributed by atoms with Crippen LogP contribution < -0.4 is 21.5 Å². The Kier molecular flexibility index (Phi) is 5.72. The smallest absolute Gasteiger partial charge is 0.332 e. The Morgan fingerprint density at radius 1 is 1.14 bits per heavy atom. The Morgan fingerprint density at radius 3 is 2.46 bits per heavy atom. The number of hydrogen-bond acceptors (Lipinski definition) is 4. The van der Waals surface area contributed by atoms with Crippen LogP contribution in [0.4, 0.5) is 11.5 Å². The third-order valence-corrected chi connectivity index (χ3v) is 5.30. The third kappa shape index (κ3) is 4.03. The molecule has 1 aliphatic rings. The minimum absolute atomic E-state index is 0.0241. The molecule has 3 rings (SSSR count). The Balaban J connectivity index is 1.82. The van der Waals surface area contributed by atoms with E-state index in [2.05, 4.69) is 11.4 Å². The van der Waals surface area contributed by atoms with Crippen molar-refractivity contribution in [1.29, 1.82) is 0 Å². The van der Waals surface area contributed by atoms with Crippen LogP contribution >= 0.6 is 0 Å². The molecular formula is C21H28N4O3. The number of hydrogen-bond donors (Lipinski definition) is 1. The van der Waals surface area contributed by atoms with Crippen molar-refractivity contribution in [2.45, 2.75) is 40.2 Å². The zero-order chi connectivity index (χ0) is 20.4. The number of nitrogens with one attached hydrogen (secondary N) is 1. The van der Waals surface area contributed by atoms with Crippen LogP contribution in [-0.2, 0) is 18.4 Å². The van der Waals surface area contributed by atoms with Crippen LogP contribution in [-0.4, -0.2) is 28.1 Å². The van der Waals surface area contributed by atoms with Gasteiger partial charge in [-0.3, -0.25) is 18.7 Å². The molecule has 150 valence electrons. The number of benzene rings is 1. The van der Waals surface area contributed by atoms with Crippen molar-refractivity contribution in [1.82, 2.24) is 9.13 Å². The van der Waals surface area contributed by atoms with Crippen LogP contribution in [0.3, 0.4) is 0 Å². The summed E-state index contributed by atoms with van der Waals surface area (Å²) in [5.74, 6) is 0.377. The van der Waals surface area contributed by atoms with Gasteiger partial charge in [0.15, 0.2) is 0 Å². The zero-order valence-electron chi connectivity index (χ0n) is 17.0. The van der Waals surface area contributed by atoms with Crippen LogP contribution in [0.5, 0.6) is 0 Å². The third-order valence-electron chi connectivity index (χ3n) is 5.30. The number of carbonyl (C=O) groups is 1. The molecule has 0 saturated carbocycles. The minimum Gasteiger partial charge on any atom is -0.357 e. The van der Waals surface area contributed by atoms with Crippen LogP contribution in [0.25, 0.3) is 0 Å². The molecule has 1 amide bonds. The van der Waals surface area contributed by atoms with Gasteiger partial charge in [0.05, 0.1) is 5.92 Å². The van der Waals surface area contributed by atoms with Crippen molar-refractivity contribution in [3.05, 3.63) is 56.2 Å². The molecule has 2 aromatic rings. The molecule has 0 spiro atoms. The van der Waals surface area contributed by atoms with Crippen molar-refractivity contribution in [2.75, 3.05) is 23.3 Å². The highest BCUT2D eigenvalue weighted by atomic mass is 16.2. The first-order valence-electron chi connectivity index (χ1n) is 9.75. The van der Waals surface area contributed by atoms with E-state index in [0.29, 0.717) is 18.9 Å². The molecule has 2 heterocycles. The molecule has 28 heavy (non-hydrogen) atoms. The van der Waals surface area contributed by atoms with Crippen molar-refractivity contribution in [3.63, 3.8) is 0 Å². The van der Waals surface area contributed by atoms with Gasteiger partial charge in [-0.15, -0.1) is 0 Å². The van der Waals surface area contributed by atoms with Gasteiger partial charge in [-0.1, -0.05) is 6.07 Å². The summed E-state index contributed by atoms with van der Waals surface area (Å²) >= 11 is 0. The van der Waals surface area contributed by atoms with Crippen molar-refractivity contribution < 1.29 is 4.79 Å². The van der Waals surface area contributed by atoms with Gasteiger partial charge in [0.2, 0.25) is 5.91 Å². The lowest BCUT2D eigenvalue weighted by atomic mass is 9.97. The summed E-state index contributed by atoms with van der Waals surface area (Å²) in [4.78, 5) is 39.4. The van der Waals surface area contributed by atoms with Gasteiger partial charge in [-0.2, -0.15) is 0 Å². The first-order valence-corrected chi connectivity index (χ1v) is 9.75. The van der Waals surface area contributed by atoms with E-state index in [9.17, 15) is 14.4 Å². The molecule has 0 unspecified atom stereocenters. The monoisotopic (exact) mass is 384 g/mol. The number of carbonyl (C=O) groups excluding carboxylic acids is 1. The van der Waals surface area contributed by atoms with E-state index >= 15 is 0 Å². The molecule has 7 heteroatoms. The molecule has 1 aromatic heterocycles. The predicted octanol–water partition coefficient (Wildman–Crippen LogP) is 2.04.